The number of hydrogen-bond acceptors (Lipinski definition) is 4. The molecule has 0 unspecified atom stereocenters. The molecule has 0 bridgehead atoms. The average Bonchev–Trinajstić information content (AvgIpc) is 3.29. The van der Waals surface area contributed by atoms with Crippen molar-refractivity contribution in [2.75, 3.05) is 13.1 Å². The van der Waals surface area contributed by atoms with Crippen molar-refractivity contribution in [3.63, 3.8) is 0 Å². The monoisotopic (exact) mass is 487 g/mol. The Kier molecular flexibility index (Phi) is 5.04. The van der Waals surface area contributed by atoms with Gasteiger partial charge < -0.3 is 4.74 Å². The van der Waals surface area contributed by atoms with Crippen LogP contribution in [0.3, 0.4) is 0 Å². The van der Waals surface area contributed by atoms with Gasteiger partial charge in [-0.1, -0.05) is 76.6 Å². The molecule has 32 heavy (non-hydrogen) atoms. The van der Waals surface area contributed by atoms with Crippen molar-refractivity contribution in [3.05, 3.63) is 100 Å². The maximum Gasteiger partial charge on any atom is 0.200 e. The second-order valence-corrected chi connectivity index (χ2v) is 9.88. The van der Waals surface area contributed by atoms with Crippen LogP contribution >= 0.6 is 15.9 Å². The summed E-state index contributed by atoms with van der Waals surface area (Å²) in [6.07, 6.45) is 2.81. The number of nitrogens with zero attached hydrogens (tertiary/aromatic N) is 3. The molecule has 0 saturated carbocycles. The van der Waals surface area contributed by atoms with Crippen LogP contribution in [0.2, 0.25) is 0 Å². The molecule has 0 radical (unpaired) electrons. The lowest BCUT2D eigenvalue weighted by atomic mass is 9.90. The lowest BCUT2D eigenvalue weighted by molar-refractivity contribution is -0.150. The first kappa shape index (κ1) is 20.0. The van der Waals surface area contributed by atoms with Crippen LogP contribution in [0.15, 0.2) is 88.4 Å². The third-order valence-electron chi connectivity index (χ3n) is 6.97. The first-order valence-corrected chi connectivity index (χ1v) is 12.2. The minimum atomic E-state index is -0.372. The van der Waals surface area contributed by atoms with Gasteiger partial charge >= 0.3 is 0 Å². The van der Waals surface area contributed by atoms with Gasteiger partial charge in [0, 0.05) is 48.9 Å². The van der Waals surface area contributed by atoms with Crippen LogP contribution in [-0.4, -0.2) is 34.4 Å². The molecule has 3 aliphatic rings. The quantitative estimate of drug-likeness (QED) is 0.454. The molecule has 0 N–H and O–H groups in total. The van der Waals surface area contributed by atoms with Crippen molar-refractivity contribution < 1.29 is 4.74 Å². The van der Waals surface area contributed by atoms with Crippen LogP contribution < -0.4 is 4.74 Å². The van der Waals surface area contributed by atoms with Gasteiger partial charge in [-0.25, -0.2) is 5.01 Å². The van der Waals surface area contributed by atoms with Crippen molar-refractivity contribution in [2.45, 2.75) is 37.6 Å². The molecule has 0 aromatic heterocycles. The van der Waals surface area contributed by atoms with Crippen molar-refractivity contribution in [2.24, 2.45) is 5.10 Å². The van der Waals surface area contributed by atoms with Crippen LogP contribution in [0, 0.1) is 0 Å². The molecule has 3 aromatic rings. The summed E-state index contributed by atoms with van der Waals surface area (Å²) in [5, 5.41) is 7.48. The smallest absolute Gasteiger partial charge is 0.200 e. The van der Waals surface area contributed by atoms with Gasteiger partial charge in [-0.15, -0.1) is 0 Å². The number of likely N-dealkylation sites (tertiary alicyclic amines) is 1. The predicted octanol–water partition coefficient (Wildman–Crippen LogP) is 5.98. The summed E-state index contributed by atoms with van der Waals surface area (Å²) in [4.78, 5) is 2.54. The SMILES string of the molecule is Brc1ccc(C2=NN3[C@H](C2)c2ccccc2OC32CCN(Cc3ccccc3)CC2)cc1. The number of fused-ring (bicyclic) bond motifs is 4. The largest absolute Gasteiger partial charge is 0.466 e. The number of hydrazone groups is 1. The van der Waals surface area contributed by atoms with Crippen molar-refractivity contribution >= 4 is 21.6 Å². The molecule has 1 atom stereocenters. The van der Waals surface area contributed by atoms with Crippen molar-refractivity contribution in [1.82, 2.24) is 9.91 Å². The number of piperidine rings is 1. The van der Waals surface area contributed by atoms with E-state index in [-0.39, 0.29) is 11.8 Å². The van der Waals surface area contributed by atoms with E-state index in [9.17, 15) is 0 Å². The van der Waals surface area contributed by atoms with Crippen molar-refractivity contribution in [3.8, 4) is 5.75 Å². The molecule has 4 nitrogen and oxygen atoms in total. The van der Waals surface area contributed by atoms with E-state index in [4.69, 9.17) is 9.84 Å². The highest BCUT2D eigenvalue weighted by atomic mass is 79.9. The van der Waals surface area contributed by atoms with E-state index >= 15 is 0 Å². The van der Waals surface area contributed by atoms with E-state index < -0.39 is 0 Å². The van der Waals surface area contributed by atoms with Gasteiger partial charge in [0.05, 0.1) is 11.8 Å². The van der Waals surface area contributed by atoms with Crippen molar-refractivity contribution in [1.29, 1.82) is 0 Å². The van der Waals surface area contributed by atoms with Crippen LogP contribution in [0.5, 0.6) is 5.75 Å². The third-order valence-corrected chi connectivity index (χ3v) is 7.50. The Hall–Kier alpha value is -2.63. The normalized spacial score (nSPS) is 21.6. The topological polar surface area (TPSA) is 28.1 Å². The third kappa shape index (κ3) is 3.54. The maximum absolute atomic E-state index is 6.76. The first-order valence-electron chi connectivity index (χ1n) is 11.4. The molecule has 0 amide bonds. The summed E-state index contributed by atoms with van der Waals surface area (Å²) in [5.74, 6) is 1.03. The molecule has 5 heteroatoms. The van der Waals surface area contributed by atoms with Gasteiger partial charge in [-0.2, -0.15) is 5.10 Å². The summed E-state index contributed by atoms with van der Waals surface area (Å²) >= 11 is 3.55. The zero-order valence-corrected chi connectivity index (χ0v) is 19.5. The molecule has 1 fully saturated rings. The lowest BCUT2D eigenvalue weighted by Crippen LogP contribution is -2.59. The molecule has 1 spiro atoms. The molecule has 6 rings (SSSR count). The summed E-state index contributed by atoms with van der Waals surface area (Å²) in [7, 11) is 0. The van der Waals surface area contributed by atoms with E-state index in [0.29, 0.717) is 0 Å². The molecule has 3 heterocycles. The van der Waals surface area contributed by atoms with E-state index in [1.165, 1.54) is 16.7 Å². The zero-order chi connectivity index (χ0) is 21.5. The van der Waals surface area contributed by atoms with Crippen LogP contribution in [0.4, 0.5) is 0 Å². The number of rotatable bonds is 3. The molecular weight excluding hydrogens is 462 g/mol. The highest BCUT2D eigenvalue weighted by Gasteiger charge is 2.51. The Balaban J connectivity index is 1.29. The van der Waals surface area contributed by atoms with Crippen LogP contribution in [-0.2, 0) is 6.54 Å². The molecule has 3 aliphatic heterocycles. The summed E-state index contributed by atoms with van der Waals surface area (Å²) in [6, 6.07) is 28.0. The van der Waals surface area contributed by atoms with Gasteiger partial charge in [0.1, 0.15) is 5.75 Å². The first-order chi connectivity index (χ1) is 15.7. The molecular formula is C27H26BrN3O. The zero-order valence-electron chi connectivity index (χ0n) is 18.0. The van der Waals surface area contributed by atoms with E-state index in [2.05, 4.69) is 105 Å². The standard InChI is InChI=1S/C27H26BrN3O/c28-22-12-10-21(11-13-22)24-18-25-23-8-4-5-9-26(23)32-27(31(25)29-24)14-16-30(17-15-27)19-20-6-2-1-3-7-20/h1-13,25H,14-19H2/t25-/m1/s1. The van der Waals surface area contributed by atoms with E-state index in [1.807, 2.05) is 0 Å². The Morgan fingerprint density at radius 2 is 1.62 bits per heavy atom. The van der Waals surface area contributed by atoms with E-state index in [1.54, 1.807) is 0 Å². The minimum absolute atomic E-state index is 0.235. The molecule has 3 aromatic carbocycles. The number of para-hydroxylation sites is 1. The fraction of sp³-hybridized carbons (Fsp3) is 0.296. The lowest BCUT2D eigenvalue weighted by Gasteiger charge is -2.51. The Labute approximate surface area is 197 Å². The van der Waals surface area contributed by atoms with Crippen LogP contribution in [0.25, 0.3) is 0 Å². The average molecular weight is 488 g/mol. The van der Waals surface area contributed by atoms with Gasteiger partial charge in [0.25, 0.3) is 0 Å². The van der Waals surface area contributed by atoms with Gasteiger partial charge in [-0.05, 0) is 29.3 Å². The molecule has 1 saturated heterocycles. The summed E-state index contributed by atoms with van der Waals surface area (Å²) < 4.78 is 7.85. The van der Waals surface area contributed by atoms with Gasteiger partial charge in [0.2, 0.25) is 5.72 Å². The maximum atomic E-state index is 6.76. The van der Waals surface area contributed by atoms with Gasteiger partial charge in [-0.3, -0.25) is 4.90 Å². The Morgan fingerprint density at radius 1 is 0.906 bits per heavy atom. The second kappa shape index (κ2) is 8.05. The van der Waals surface area contributed by atoms with Crippen LogP contribution in [0.1, 0.15) is 42.0 Å². The predicted molar refractivity (Wildman–Crippen MR) is 131 cm³/mol. The molecule has 0 aliphatic carbocycles. The number of halogens is 1. The number of hydrogen-bond donors (Lipinski definition) is 0. The number of ether oxygens (including phenoxy) is 1. The fourth-order valence-corrected chi connectivity index (χ4v) is 5.54. The summed E-state index contributed by atoms with van der Waals surface area (Å²) in [6.45, 7) is 3.00. The summed E-state index contributed by atoms with van der Waals surface area (Å²) in [5.41, 5.74) is 4.59. The Bertz CT molecular complexity index is 1140. The Morgan fingerprint density at radius 3 is 2.41 bits per heavy atom. The number of benzene rings is 3. The van der Waals surface area contributed by atoms with E-state index in [0.717, 1.165) is 54.8 Å². The van der Waals surface area contributed by atoms with Gasteiger partial charge in [0.15, 0.2) is 0 Å². The molecule has 162 valence electrons. The highest BCUT2D eigenvalue weighted by molar-refractivity contribution is 9.10. The highest BCUT2D eigenvalue weighted by Crippen LogP contribution is 2.50. The second-order valence-electron chi connectivity index (χ2n) is 8.97. The minimum Gasteiger partial charge on any atom is -0.466 e. The fourth-order valence-electron chi connectivity index (χ4n) is 5.28.